The van der Waals surface area contributed by atoms with E-state index in [1.807, 2.05) is 0 Å². The lowest BCUT2D eigenvalue weighted by Crippen LogP contribution is -1.92. The average molecular weight is 208 g/mol. The summed E-state index contributed by atoms with van der Waals surface area (Å²) in [4.78, 5) is 19.7. The van der Waals surface area contributed by atoms with Gasteiger partial charge in [-0.15, -0.1) is 0 Å². The van der Waals surface area contributed by atoms with Gasteiger partial charge in [0.25, 0.3) is 11.4 Å². The molecule has 7 heteroatoms. The molecule has 2 aromatic rings. The van der Waals surface area contributed by atoms with Crippen LogP contribution in [0.1, 0.15) is 0 Å². The zero-order valence-corrected chi connectivity index (χ0v) is 7.25. The van der Waals surface area contributed by atoms with Gasteiger partial charge in [0.05, 0.1) is 33.6 Å². The summed E-state index contributed by atoms with van der Waals surface area (Å²) in [5, 5.41) is 21.4. The van der Waals surface area contributed by atoms with Crippen LogP contribution in [0.3, 0.4) is 0 Å². The Morgan fingerprint density at radius 3 is 2.47 bits per heavy atom. The number of non-ortho nitro benzene ring substituents is 2. The molecule has 0 radical (unpaired) electrons. The molecule has 1 aromatic carbocycles. The minimum absolute atomic E-state index is 0.135. The number of nitro benzene ring substituents is 2. The van der Waals surface area contributed by atoms with Gasteiger partial charge in [-0.3, -0.25) is 20.2 Å². The first kappa shape index (κ1) is 9.13. The van der Waals surface area contributed by atoms with Crippen molar-refractivity contribution >= 4 is 22.3 Å². The van der Waals surface area contributed by atoms with Gasteiger partial charge in [0.15, 0.2) is 0 Å². The molecule has 0 aliphatic carbocycles. The molecule has 76 valence electrons. The molecule has 0 bridgehead atoms. The van der Waals surface area contributed by atoms with Crippen LogP contribution in [0.15, 0.2) is 28.9 Å². The summed E-state index contributed by atoms with van der Waals surface area (Å²) in [5.41, 5.74) is -0.548. The predicted molar refractivity (Wildman–Crippen MR) is 49.5 cm³/mol. The third-order valence-electron chi connectivity index (χ3n) is 1.94. The van der Waals surface area contributed by atoms with Gasteiger partial charge in [-0.1, -0.05) is 0 Å². The van der Waals surface area contributed by atoms with E-state index >= 15 is 0 Å². The highest BCUT2D eigenvalue weighted by Crippen LogP contribution is 2.31. The lowest BCUT2D eigenvalue weighted by molar-refractivity contribution is -0.393. The van der Waals surface area contributed by atoms with E-state index in [1.54, 1.807) is 0 Å². The van der Waals surface area contributed by atoms with E-state index in [0.29, 0.717) is 0 Å². The number of nitrogens with zero attached hydrogens (tertiary/aromatic N) is 2. The summed E-state index contributed by atoms with van der Waals surface area (Å²) in [6.07, 6.45) is 1.25. The van der Waals surface area contributed by atoms with Gasteiger partial charge in [0.1, 0.15) is 5.58 Å². The summed E-state index contributed by atoms with van der Waals surface area (Å²) in [6, 6.07) is 3.47. The van der Waals surface area contributed by atoms with Crippen molar-refractivity contribution in [2.24, 2.45) is 0 Å². The van der Waals surface area contributed by atoms with Crippen LogP contribution in [-0.4, -0.2) is 9.85 Å². The first-order valence-corrected chi connectivity index (χ1v) is 3.89. The monoisotopic (exact) mass is 208 g/mol. The molecule has 0 atom stereocenters. The molecule has 2 rings (SSSR count). The molecule has 15 heavy (non-hydrogen) atoms. The van der Waals surface area contributed by atoms with Crippen LogP contribution < -0.4 is 0 Å². The van der Waals surface area contributed by atoms with Crippen LogP contribution in [0.4, 0.5) is 11.4 Å². The van der Waals surface area contributed by atoms with Gasteiger partial charge in [-0.05, 0) is 6.07 Å². The van der Waals surface area contributed by atoms with Gasteiger partial charge in [0.2, 0.25) is 0 Å². The van der Waals surface area contributed by atoms with Crippen LogP contribution in [0.2, 0.25) is 0 Å². The van der Waals surface area contributed by atoms with Crippen molar-refractivity contribution in [1.82, 2.24) is 0 Å². The Morgan fingerprint density at radius 1 is 1.13 bits per heavy atom. The molecule has 1 heterocycles. The second kappa shape index (κ2) is 3.05. The first-order valence-electron chi connectivity index (χ1n) is 3.89. The van der Waals surface area contributed by atoms with Crippen molar-refractivity contribution < 1.29 is 14.3 Å². The van der Waals surface area contributed by atoms with E-state index in [-0.39, 0.29) is 22.3 Å². The maximum atomic E-state index is 10.6. The number of rotatable bonds is 2. The van der Waals surface area contributed by atoms with Gasteiger partial charge in [-0.2, -0.15) is 0 Å². The Balaban J connectivity index is 2.80. The zero-order chi connectivity index (χ0) is 11.0. The fourth-order valence-electron chi connectivity index (χ4n) is 1.29. The minimum Gasteiger partial charge on any atom is -0.464 e. The van der Waals surface area contributed by atoms with Crippen molar-refractivity contribution in [3.8, 4) is 0 Å². The summed E-state index contributed by atoms with van der Waals surface area (Å²) in [5.74, 6) is 0. The third-order valence-corrected chi connectivity index (χ3v) is 1.94. The molecule has 0 saturated heterocycles. The highest BCUT2D eigenvalue weighted by atomic mass is 16.6. The second-order valence-electron chi connectivity index (χ2n) is 2.81. The molecule has 0 aliphatic heterocycles. The number of furan rings is 1. The first-order chi connectivity index (χ1) is 7.09. The highest BCUT2D eigenvalue weighted by Gasteiger charge is 2.20. The van der Waals surface area contributed by atoms with Crippen LogP contribution in [0, 0.1) is 20.2 Å². The topological polar surface area (TPSA) is 99.4 Å². The SMILES string of the molecule is O=[N+]([O-])c1cc([N+](=O)[O-])c2ccoc2c1. The Bertz CT molecular complexity index is 559. The molecular weight excluding hydrogens is 204 g/mol. The predicted octanol–water partition coefficient (Wildman–Crippen LogP) is 2.25. The summed E-state index contributed by atoms with van der Waals surface area (Å²) in [7, 11) is 0. The van der Waals surface area contributed by atoms with E-state index in [2.05, 4.69) is 0 Å². The lowest BCUT2D eigenvalue weighted by Gasteiger charge is -1.94. The molecule has 0 N–H and O–H groups in total. The smallest absolute Gasteiger partial charge is 0.287 e. The van der Waals surface area contributed by atoms with E-state index in [4.69, 9.17) is 4.42 Å². The molecule has 7 nitrogen and oxygen atoms in total. The number of hydrogen-bond acceptors (Lipinski definition) is 5. The van der Waals surface area contributed by atoms with E-state index in [9.17, 15) is 20.2 Å². The Hall–Kier alpha value is -2.44. The van der Waals surface area contributed by atoms with Crippen LogP contribution in [0.25, 0.3) is 11.0 Å². The molecule has 1 aromatic heterocycles. The minimum atomic E-state index is -0.699. The molecular formula is C8H4N2O5. The van der Waals surface area contributed by atoms with Crippen molar-refractivity contribution in [3.05, 3.63) is 44.7 Å². The van der Waals surface area contributed by atoms with Crippen LogP contribution >= 0.6 is 0 Å². The molecule has 0 amide bonds. The Labute approximate surface area is 82.2 Å². The largest absolute Gasteiger partial charge is 0.464 e. The maximum absolute atomic E-state index is 10.6. The van der Waals surface area contributed by atoms with Crippen LogP contribution in [-0.2, 0) is 0 Å². The van der Waals surface area contributed by atoms with E-state index in [0.717, 1.165) is 12.1 Å². The molecule has 0 aliphatic rings. The number of benzene rings is 1. The normalized spacial score (nSPS) is 10.4. The standard InChI is InChI=1S/C8H4N2O5/c11-9(12)5-3-7(10(13)14)6-1-2-15-8(6)4-5/h1-4H. The van der Waals surface area contributed by atoms with Gasteiger partial charge >= 0.3 is 0 Å². The maximum Gasteiger partial charge on any atom is 0.287 e. The molecule has 0 fully saturated rings. The van der Waals surface area contributed by atoms with Crippen LogP contribution in [0.5, 0.6) is 0 Å². The molecule has 0 spiro atoms. The quantitative estimate of drug-likeness (QED) is 0.556. The number of nitro groups is 2. The lowest BCUT2D eigenvalue weighted by atomic mass is 10.2. The molecule has 0 saturated carbocycles. The fraction of sp³-hybridized carbons (Fsp3) is 0. The molecule has 0 unspecified atom stereocenters. The Kier molecular flexibility index (Phi) is 1.86. The van der Waals surface area contributed by atoms with Gasteiger partial charge < -0.3 is 4.42 Å². The van der Waals surface area contributed by atoms with E-state index in [1.165, 1.54) is 12.3 Å². The van der Waals surface area contributed by atoms with Crippen molar-refractivity contribution in [2.75, 3.05) is 0 Å². The summed E-state index contributed by atoms with van der Waals surface area (Å²) < 4.78 is 4.89. The third kappa shape index (κ3) is 1.39. The van der Waals surface area contributed by atoms with Crippen molar-refractivity contribution in [1.29, 1.82) is 0 Å². The van der Waals surface area contributed by atoms with Crippen molar-refractivity contribution in [2.45, 2.75) is 0 Å². The van der Waals surface area contributed by atoms with Crippen molar-refractivity contribution in [3.63, 3.8) is 0 Å². The Morgan fingerprint density at radius 2 is 1.87 bits per heavy atom. The number of hydrogen-bond donors (Lipinski definition) is 0. The average Bonchev–Trinajstić information content (AvgIpc) is 2.62. The summed E-state index contributed by atoms with van der Waals surface area (Å²) >= 11 is 0. The fourth-order valence-corrected chi connectivity index (χ4v) is 1.29. The summed E-state index contributed by atoms with van der Waals surface area (Å²) in [6.45, 7) is 0. The van der Waals surface area contributed by atoms with E-state index < -0.39 is 9.85 Å². The number of fused-ring (bicyclic) bond motifs is 1. The zero-order valence-electron chi connectivity index (χ0n) is 7.25. The van der Waals surface area contributed by atoms with Gasteiger partial charge in [-0.25, -0.2) is 0 Å². The second-order valence-corrected chi connectivity index (χ2v) is 2.81. The van der Waals surface area contributed by atoms with Gasteiger partial charge in [0, 0.05) is 0 Å². The highest BCUT2D eigenvalue weighted by molar-refractivity contribution is 5.89.